The Labute approximate surface area is 103 Å². The van der Waals surface area contributed by atoms with Crippen molar-refractivity contribution in [2.24, 2.45) is 5.73 Å². The standard InChI is InChI=1S/C13H14BrNO/c1-8(15)13(4-5-13)9-2-3-12-10(6-9)11(14)7-16-12/h2-3,6-8H,4-5,15H2,1H3. The third-order valence-corrected chi connectivity index (χ3v) is 4.38. The smallest absolute Gasteiger partial charge is 0.135 e. The maximum atomic E-state index is 6.09. The predicted octanol–water partition coefficient (Wildman–Crippen LogP) is 3.57. The molecular formula is C13H14BrNO. The fraction of sp³-hybridized carbons (Fsp3) is 0.385. The molecule has 0 spiro atoms. The van der Waals surface area contributed by atoms with E-state index in [9.17, 15) is 0 Å². The normalized spacial score (nSPS) is 19.9. The highest BCUT2D eigenvalue weighted by Crippen LogP contribution is 2.51. The van der Waals surface area contributed by atoms with E-state index >= 15 is 0 Å². The summed E-state index contributed by atoms with van der Waals surface area (Å²) in [6, 6.07) is 6.61. The van der Waals surface area contributed by atoms with Gasteiger partial charge in [0.15, 0.2) is 0 Å². The van der Waals surface area contributed by atoms with Crippen molar-refractivity contribution >= 4 is 26.9 Å². The molecule has 84 valence electrons. The van der Waals surface area contributed by atoms with Gasteiger partial charge in [-0.25, -0.2) is 0 Å². The Morgan fingerprint density at radius 3 is 2.81 bits per heavy atom. The van der Waals surface area contributed by atoms with Gasteiger partial charge in [-0.3, -0.25) is 0 Å². The van der Waals surface area contributed by atoms with E-state index in [0.29, 0.717) is 0 Å². The Morgan fingerprint density at radius 1 is 1.44 bits per heavy atom. The van der Waals surface area contributed by atoms with Crippen LogP contribution in [0.5, 0.6) is 0 Å². The molecule has 2 nitrogen and oxygen atoms in total. The summed E-state index contributed by atoms with van der Waals surface area (Å²) in [5.74, 6) is 0. The Balaban J connectivity index is 2.15. The van der Waals surface area contributed by atoms with E-state index in [1.54, 1.807) is 6.26 Å². The number of hydrogen-bond acceptors (Lipinski definition) is 2. The molecule has 2 N–H and O–H groups in total. The van der Waals surface area contributed by atoms with E-state index in [0.717, 1.165) is 15.4 Å². The average molecular weight is 280 g/mol. The molecule has 1 unspecified atom stereocenters. The van der Waals surface area contributed by atoms with Gasteiger partial charge in [-0.05, 0) is 53.4 Å². The second-order valence-corrected chi connectivity index (χ2v) is 5.59. The number of hydrogen-bond donors (Lipinski definition) is 1. The molecule has 0 bridgehead atoms. The van der Waals surface area contributed by atoms with Crippen molar-refractivity contribution in [1.82, 2.24) is 0 Å². The number of nitrogens with two attached hydrogens (primary N) is 1. The third kappa shape index (κ3) is 1.35. The Bertz CT molecular complexity index is 540. The van der Waals surface area contributed by atoms with Gasteiger partial charge in [-0.15, -0.1) is 0 Å². The molecule has 1 saturated carbocycles. The Hall–Kier alpha value is -0.800. The van der Waals surface area contributed by atoms with E-state index in [-0.39, 0.29) is 11.5 Å². The molecule has 1 fully saturated rings. The number of fused-ring (bicyclic) bond motifs is 1. The maximum Gasteiger partial charge on any atom is 0.135 e. The van der Waals surface area contributed by atoms with Crippen LogP contribution < -0.4 is 5.73 Å². The molecule has 0 saturated heterocycles. The highest BCUT2D eigenvalue weighted by atomic mass is 79.9. The van der Waals surface area contributed by atoms with Gasteiger partial charge in [0.1, 0.15) is 11.8 Å². The van der Waals surface area contributed by atoms with Crippen LogP contribution in [0.15, 0.2) is 33.4 Å². The van der Waals surface area contributed by atoms with Crippen molar-refractivity contribution in [1.29, 1.82) is 0 Å². The Kier molecular flexibility index (Phi) is 2.17. The van der Waals surface area contributed by atoms with Gasteiger partial charge in [-0.2, -0.15) is 0 Å². The lowest BCUT2D eigenvalue weighted by Gasteiger charge is -2.20. The molecule has 1 aliphatic carbocycles. The summed E-state index contributed by atoms with van der Waals surface area (Å²) in [6.45, 7) is 2.10. The highest BCUT2D eigenvalue weighted by Gasteiger charge is 2.47. The van der Waals surface area contributed by atoms with Gasteiger partial charge in [0.25, 0.3) is 0 Å². The first-order valence-corrected chi connectivity index (χ1v) is 6.35. The minimum absolute atomic E-state index is 0.213. The van der Waals surface area contributed by atoms with Crippen LogP contribution in [-0.4, -0.2) is 6.04 Å². The SMILES string of the molecule is CC(N)C1(c2ccc3occ(Br)c3c2)CC1. The third-order valence-electron chi connectivity index (χ3n) is 3.76. The molecule has 2 aromatic rings. The van der Waals surface area contributed by atoms with Crippen LogP contribution in [0.2, 0.25) is 0 Å². The summed E-state index contributed by atoms with van der Waals surface area (Å²) in [7, 11) is 0. The van der Waals surface area contributed by atoms with Crippen molar-refractivity contribution in [3.8, 4) is 0 Å². The molecule has 0 radical (unpaired) electrons. The van der Waals surface area contributed by atoms with Gasteiger partial charge in [-0.1, -0.05) is 6.07 Å². The van der Waals surface area contributed by atoms with Crippen molar-refractivity contribution in [2.75, 3.05) is 0 Å². The first-order valence-electron chi connectivity index (χ1n) is 5.56. The van der Waals surface area contributed by atoms with Gasteiger partial charge in [0, 0.05) is 16.8 Å². The summed E-state index contributed by atoms with van der Waals surface area (Å²) >= 11 is 3.50. The average Bonchev–Trinajstić information content (AvgIpc) is 3.01. The van der Waals surface area contributed by atoms with Crippen molar-refractivity contribution < 1.29 is 4.42 Å². The van der Waals surface area contributed by atoms with Crippen molar-refractivity contribution in [3.05, 3.63) is 34.5 Å². The molecule has 1 aromatic carbocycles. The van der Waals surface area contributed by atoms with Gasteiger partial charge >= 0.3 is 0 Å². The minimum Gasteiger partial charge on any atom is -0.463 e. The minimum atomic E-state index is 0.213. The van der Waals surface area contributed by atoms with Gasteiger partial charge < -0.3 is 10.2 Å². The zero-order chi connectivity index (χ0) is 11.3. The van der Waals surface area contributed by atoms with E-state index in [2.05, 4.69) is 35.0 Å². The molecule has 1 aliphatic rings. The second-order valence-electron chi connectivity index (χ2n) is 4.74. The van der Waals surface area contributed by atoms with Crippen LogP contribution in [-0.2, 0) is 5.41 Å². The molecule has 1 heterocycles. The fourth-order valence-electron chi connectivity index (χ4n) is 2.45. The predicted molar refractivity (Wildman–Crippen MR) is 68.5 cm³/mol. The number of benzene rings is 1. The summed E-state index contributed by atoms with van der Waals surface area (Å²) < 4.78 is 6.44. The maximum absolute atomic E-state index is 6.09. The van der Waals surface area contributed by atoms with Crippen LogP contribution in [0.3, 0.4) is 0 Å². The summed E-state index contributed by atoms with van der Waals surface area (Å²) in [6.07, 6.45) is 4.14. The Morgan fingerprint density at radius 2 is 2.19 bits per heavy atom. The monoisotopic (exact) mass is 279 g/mol. The molecule has 3 rings (SSSR count). The van der Waals surface area contributed by atoms with Crippen LogP contribution >= 0.6 is 15.9 Å². The van der Waals surface area contributed by atoms with E-state index in [1.165, 1.54) is 18.4 Å². The molecule has 0 aliphatic heterocycles. The van der Waals surface area contributed by atoms with E-state index in [1.807, 2.05) is 6.07 Å². The number of halogens is 1. The van der Waals surface area contributed by atoms with Crippen LogP contribution in [0, 0.1) is 0 Å². The number of furan rings is 1. The topological polar surface area (TPSA) is 39.2 Å². The fourth-order valence-corrected chi connectivity index (χ4v) is 2.85. The molecule has 1 atom stereocenters. The largest absolute Gasteiger partial charge is 0.463 e. The lowest BCUT2D eigenvalue weighted by atomic mass is 9.89. The highest BCUT2D eigenvalue weighted by molar-refractivity contribution is 9.10. The zero-order valence-corrected chi connectivity index (χ0v) is 10.8. The first-order chi connectivity index (χ1) is 7.63. The quantitative estimate of drug-likeness (QED) is 0.913. The summed E-state index contributed by atoms with van der Waals surface area (Å²) in [5.41, 5.74) is 8.57. The lowest BCUT2D eigenvalue weighted by molar-refractivity contribution is 0.556. The van der Waals surface area contributed by atoms with Crippen LogP contribution in [0.4, 0.5) is 0 Å². The molecule has 16 heavy (non-hydrogen) atoms. The second kappa shape index (κ2) is 3.34. The van der Waals surface area contributed by atoms with Crippen molar-refractivity contribution in [2.45, 2.75) is 31.2 Å². The van der Waals surface area contributed by atoms with Gasteiger partial charge in [0.05, 0.1) is 4.47 Å². The summed E-state index contributed by atoms with van der Waals surface area (Å²) in [5, 5.41) is 1.14. The first kappa shape index (κ1) is 10.4. The zero-order valence-electron chi connectivity index (χ0n) is 9.16. The lowest BCUT2D eigenvalue weighted by Crippen LogP contribution is -2.31. The molecular weight excluding hydrogens is 266 g/mol. The van der Waals surface area contributed by atoms with Crippen LogP contribution in [0.1, 0.15) is 25.3 Å². The molecule has 3 heteroatoms. The molecule has 0 amide bonds. The van der Waals surface area contributed by atoms with E-state index < -0.39 is 0 Å². The van der Waals surface area contributed by atoms with Gasteiger partial charge in [0.2, 0.25) is 0 Å². The molecule has 1 aromatic heterocycles. The van der Waals surface area contributed by atoms with E-state index in [4.69, 9.17) is 10.2 Å². The number of rotatable bonds is 2. The van der Waals surface area contributed by atoms with Crippen LogP contribution in [0.25, 0.3) is 11.0 Å². The van der Waals surface area contributed by atoms with Crippen molar-refractivity contribution in [3.63, 3.8) is 0 Å². The summed E-state index contributed by atoms with van der Waals surface area (Å²) in [4.78, 5) is 0.